The van der Waals surface area contributed by atoms with E-state index in [-0.39, 0.29) is 24.3 Å². The third-order valence-electron chi connectivity index (χ3n) is 6.72. The van der Waals surface area contributed by atoms with Crippen LogP contribution in [0.15, 0.2) is 29.2 Å². The van der Waals surface area contributed by atoms with Crippen LogP contribution in [-0.4, -0.2) is 30.4 Å². The fraction of sp³-hybridized carbons (Fsp3) is 0.458. The summed E-state index contributed by atoms with van der Waals surface area (Å²) in [6.07, 6.45) is 0.227. The van der Waals surface area contributed by atoms with Crippen LogP contribution in [0.25, 0.3) is 33.3 Å². The fourth-order valence-electron chi connectivity index (χ4n) is 5.00. The summed E-state index contributed by atoms with van der Waals surface area (Å²) in [5.41, 5.74) is 2.40. The highest BCUT2D eigenvalue weighted by atomic mass is 19.4. The van der Waals surface area contributed by atoms with E-state index in [1.807, 2.05) is 10.6 Å². The summed E-state index contributed by atoms with van der Waals surface area (Å²) in [4.78, 5) is 4.55. The molecule has 11 heteroatoms. The predicted octanol–water partition coefficient (Wildman–Crippen LogP) is 6.55. The van der Waals surface area contributed by atoms with Gasteiger partial charge in [-0.1, -0.05) is 5.16 Å². The Balaban J connectivity index is 1.65. The van der Waals surface area contributed by atoms with Gasteiger partial charge < -0.3 is 9.09 Å². The van der Waals surface area contributed by atoms with Crippen molar-refractivity contribution in [3.8, 4) is 22.3 Å². The van der Waals surface area contributed by atoms with E-state index >= 15 is 0 Å². The van der Waals surface area contributed by atoms with Crippen LogP contribution in [0.3, 0.4) is 0 Å². The van der Waals surface area contributed by atoms with E-state index in [0.717, 1.165) is 15.8 Å². The van der Waals surface area contributed by atoms with Crippen LogP contribution in [0.4, 0.5) is 22.0 Å². The molecule has 0 spiro atoms. The van der Waals surface area contributed by atoms with Gasteiger partial charge in [0, 0.05) is 67.3 Å². The van der Waals surface area contributed by atoms with Gasteiger partial charge in [0.1, 0.15) is 5.76 Å². The summed E-state index contributed by atoms with van der Waals surface area (Å²) in [5, 5.41) is 7.62. The molecule has 4 aromatic heterocycles. The van der Waals surface area contributed by atoms with Crippen LogP contribution in [0.5, 0.6) is 0 Å². The van der Waals surface area contributed by atoms with Crippen molar-refractivity contribution >= 4 is 11.0 Å². The van der Waals surface area contributed by atoms with Gasteiger partial charge in [-0.25, -0.2) is 8.78 Å². The number of aryl methyl sites for hydroxylation is 3. The molecule has 0 atom stereocenters. The lowest BCUT2D eigenvalue weighted by molar-refractivity contribution is -0.140. The molecule has 0 aromatic carbocycles. The maximum Gasteiger partial charge on any atom is 0.435 e. The molecule has 1 aliphatic carbocycles. The summed E-state index contributed by atoms with van der Waals surface area (Å²) in [6, 6.07) is 1.85. The summed E-state index contributed by atoms with van der Waals surface area (Å²) in [5.74, 6) is -2.07. The Morgan fingerprint density at radius 2 is 1.83 bits per heavy atom. The van der Waals surface area contributed by atoms with Crippen LogP contribution in [0.1, 0.15) is 42.8 Å². The van der Waals surface area contributed by atoms with Crippen molar-refractivity contribution in [3.05, 3.63) is 41.8 Å². The number of hydrogen-bond acceptors (Lipinski definition) is 4. The monoisotopic (exact) mass is 493 g/mol. The van der Waals surface area contributed by atoms with Crippen molar-refractivity contribution in [1.29, 1.82) is 0 Å². The zero-order valence-corrected chi connectivity index (χ0v) is 19.5. The second-order valence-electron chi connectivity index (χ2n) is 9.35. The molecule has 1 aliphatic rings. The number of halogens is 5. The quantitative estimate of drug-likeness (QED) is 0.303. The molecule has 5 rings (SSSR count). The summed E-state index contributed by atoms with van der Waals surface area (Å²) >= 11 is 0. The second-order valence-corrected chi connectivity index (χ2v) is 9.35. The SMILES string of the molecule is Cc1noc(C)c1-c1cnc2c(-c3cn(C)nc3C(F)(F)F)cn(CC3CCC(F)(F)CC3)c2c1. The van der Waals surface area contributed by atoms with Gasteiger partial charge in [0.05, 0.1) is 16.7 Å². The standard InChI is InChI=1S/C24H24F5N5O/c1-13-20(14(2)35-32-13)16-8-19-21(30-9-16)17(18-11-33(3)31-22(18)24(27,28)29)12-34(19)10-15-4-6-23(25,26)7-5-15/h8-9,11-12,15H,4-7,10H2,1-3H3. The molecular formula is C24H24F5N5O. The lowest BCUT2D eigenvalue weighted by atomic mass is 9.87. The van der Waals surface area contributed by atoms with Crippen molar-refractivity contribution in [2.75, 3.05) is 0 Å². The van der Waals surface area contributed by atoms with E-state index in [2.05, 4.69) is 15.2 Å². The zero-order chi connectivity index (χ0) is 25.1. The van der Waals surface area contributed by atoms with Crippen LogP contribution in [-0.2, 0) is 19.8 Å². The molecule has 0 aliphatic heterocycles. The average molecular weight is 493 g/mol. The molecule has 1 saturated carbocycles. The van der Waals surface area contributed by atoms with Crippen molar-refractivity contribution in [2.45, 2.75) is 58.2 Å². The van der Waals surface area contributed by atoms with Gasteiger partial charge in [-0.2, -0.15) is 18.3 Å². The second kappa shape index (κ2) is 8.17. The largest absolute Gasteiger partial charge is 0.435 e. The van der Waals surface area contributed by atoms with Gasteiger partial charge in [0.25, 0.3) is 0 Å². The molecule has 6 nitrogen and oxygen atoms in total. The van der Waals surface area contributed by atoms with Crippen molar-refractivity contribution in [2.24, 2.45) is 13.0 Å². The van der Waals surface area contributed by atoms with Crippen LogP contribution in [0.2, 0.25) is 0 Å². The first-order chi connectivity index (χ1) is 16.4. The molecule has 0 unspecified atom stereocenters. The molecule has 0 N–H and O–H groups in total. The average Bonchev–Trinajstić information content (AvgIpc) is 3.44. The highest BCUT2D eigenvalue weighted by molar-refractivity contribution is 5.95. The summed E-state index contributed by atoms with van der Waals surface area (Å²) in [7, 11) is 1.43. The minimum absolute atomic E-state index is 0.0169. The van der Waals surface area contributed by atoms with Gasteiger partial charge >= 0.3 is 6.18 Å². The number of alkyl halides is 5. The Hall–Kier alpha value is -3.24. The van der Waals surface area contributed by atoms with Crippen LogP contribution < -0.4 is 0 Å². The minimum Gasteiger partial charge on any atom is -0.361 e. The molecule has 0 radical (unpaired) electrons. The van der Waals surface area contributed by atoms with E-state index in [0.29, 0.717) is 47.4 Å². The molecule has 4 heterocycles. The van der Waals surface area contributed by atoms with Gasteiger partial charge in [0.15, 0.2) is 5.69 Å². The van der Waals surface area contributed by atoms with E-state index in [1.54, 1.807) is 26.2 Å². The number of aromatic nitrogens is 5. The summed E-state index contributed by atoms with van der Waals surface area (Å²) < 4.78 is 76.9. The Morgan fingerprint density at radius 3 is 2.46 bits per heavy atom. The minimum atomic E-state index is -4.64. The van der Waals surface area contributed by atoms with Gasteiger partial charge in [-0.15, -0.1) is 0 Å². The number of rotatable bonds is 4. The maximum absolute atomic E-state index is 13.7. The Labute approximate surface area is 197 Å². The Morgan fingerprint density at radius 1 is 1.11 bits per heavy atom. The van der Waals surface area contributed by atoms with Gasteiger partial charge in [0.2, 0.25) is 5.92 Å². The molecule has 186 valence electrons. The van der Waals surface area contributed by atoms with Crippen molar-refractivity contribution in [1.82, 2.24) is 24.5 Å². The maximum atomic E-state index is 13.7. The lowest BCUT2D eigenvalue weighted by Gasteiger charge is -2.28. The van der Waals surface area contributed by atoms with Crippen LogP contribution in [0, 0.1) is 19.8 Å². The summed E-state index contributed by atoms with van der Waals surface area (Å²) in [6.45, 7) is 3.98. The van der Waals surface area contributed by atoms with Crippen LogP contribution >= 0.6 is 0 Å². The first kappa shape index (κ1) is 23.5. The molecular weight excluding hydrogens is 469 g/mol. The first-order valence-corrected chi connectivity index (χ1v) is 11.3. The zero-order valence-electron chi connectivity index (χ0n) is 19.5. The Bertz CT molecular complexity index is 1370. The topological polar surface area (TPSA) is 61.7 Å². The van der Waals surface area contributed by atoms with E-state index in [9.17, 15) is 22.0 Å². The predicted molar refractivity (Wildman–Crippen MR) is 119 cm³/mol. The number of fused-ring (bicyclic) bond motifs is 1. The molecule has 35 heavy (non-hydrogen) atoms. The highest BCUT2D eigenvalue weighted by Crippen LogP contribution is 2.41. The fourth-order valence-corrected chi connectivity index (χ4v) is 5.00. The van der Waals surface area contributed by atoms with Crippen molar-refractivity contribution in [3.63, 3.8) is 0 Å². The molecule has 1 fully saturated rings. The van der Waals surface area contributed by atoms with E-state index in [4.69, 9.17) is 4.52 Å². The first-order valence-electron chi connectivity index (χ1n) is 11.3. The van der Waals surface area contributed by atoms with Gasteiger partial charge in [-0.05, 0) is 38.7 Å². The smallest absolute Gasteiger partial charge is 0.361 e. The van der Waals surface area contributed by atoms with Crippen molar-refractivity contribution < 1.29 is 26.5 Å². The molecule has 0 saturated heterocycles. The molecule has 0 bridgehead atoms. The van der Waals surface area contributed by atoms with E-state index < -0.39 is 17.8 Å². The normalized spacial score (nSPS) is 16.9. The van der Waals surface area contributed by atoms with Gasteiger partial charge in [-0.3, -0.25) is 9.67 Å². The third-order valence-corrected chi connectivity index (χ3v) is 6.72. The van der Waals surface area contributed by atoms with E-state index in [1.165, 1.54) is 13.2 Å². The number of pyridine rings is 1. The number of hydrogen-bond donors (Lipinski definition) is 0. The lowest BCUT2D eigenvalue weighted by Crippen LogP contribution is -2.26. The third kappa shape index (κ3) is 4.32. The Kier molecular flexibility index (Phi) is 5.48. The number of nitrogens with zero attached hydrogens (tertiary/aromatic N) is 5. The molecule has 4 aromatic rings. The highest BCUT2D eigenvalue weighted by Gasteiger charge is 2.39. The molecule has 0 amide bonds.